The van der Waals surface area contributed by atoms with Crippen LogP contribution in [0.1, 0.15) is 65.5 Å². The largest absolute Gasteiger partial charge is 0.446 e. The highest BCUT2D eigenvalue weighted by Gasteiger charge is 2.30. The van der Waals surface area contributed by atoms with E-state index in [-0.39, 0.29) is 23.8 Å². The molecule has 5 heteroatoms. The van der Waals surface area contributed by atoms with Gasteiger partial charge in [-0.3, -0.25) is 4.68 Å². The van der Waals surface area contributed by atoms with Gasteiger partial charge in [-0.05, 0) is 59.9 Å². The molecule has 21 heavy (non-hydrogen) atoms. The maximum Gasteiger partial charge on any atom is 0.407 e. The van der Waals surface area contributed by atoms with Gasteiger partial charge >= 0.3 is 6.09 Å². The summed E-state index contributed by atoms with van der Waals surface area (Å²) >= 11 is 0. The van der Waals surface area contributed by atoms with Crippen LogP contribution in [-0.2, 0) is 10.3 Å². The lowest BCUT2D eigenvalue weighted by Crippen LogP contribution is -2.33. The van der Waals surface area contributed by atoms with Crippen molar-refractivity contribution < 1.29 is 9.53 Å². The minimum absolute atomic E-state index is 0.00387. The number of rotatable bonds is 3. The summed E-state index contributed by atoms with van der Waals surface area (Å²) in [5, 5.41) is 7.45. The van der Waals surface area contributed by atoms with Crippen molar-refractivity contribution >= 4 is 6.09 Å². The minimum atomic E-state index is -0.309. The number of alkyl carbamates (subject to hydrolysis) is 1. The molecule has 2 unspecified atom stereocenters. The Hall–Kier alpha value is -1.52. The van der Waals surface area contributed by atoms with Crippen molar-refractivity contribution in [3.63, 3.8) is 0 Å². The number of carbonyl (C=O) groups excluding carboxylic acids is 1. The fraction of sp³-hybridized carbons (Fsp3) is 0.750. The average Bonchev–Trinajstić information content (AvgIpc) is 2.93. The maximum absolute atomic E-state index is 11.6. The molecular formula is C16H27N3O2. The van der Waals surface area contributed by atoms with Gasteiger partial charge < -0.3 is 10.1 Å². The third kappa shape index (κ3) is 4.22. The molecule has 1 N–H and O–H groups in total. The summed E-state index contributed by atoms with van der Waals surface area (Å²) in [4.78, 5) is 11.6. The zero-order chi connectivity index (χ0) is 15.6. The second kappa shape index (κ2) is 6.08. The molecule has 0 aromatic carbocycles. The van der Waals surface area contributed by atoms with Gasteiger partial charge in [0, 0.05) is 18.2 Å². The van der Waals surface area contributed by atoms with E-state index in [0.717, 1.165) is 25.0 Å². The van der Waals surface area contributed by atoms with Gasteiger partial charge in [0.05, 0.1) is 11.2 Å². The highest BCUT2D eigenvalue weighted by atomic mass is 16.6. The number of amides is 1. The third-order valence-corrected chi connectivity index (χ3v) is 3.78. The van der Waals surface area contributed by atoms with Crippen LogP contribution in [0.5, 0.6) is 0 Å². The molecule has 0 radical (unpaired) electrons. The Labute approximate surface area is 127 Å². The summed E-state index contributed by atoms with van der Waals surface area (Å²) in [6, 6.07) is 2.20. The van der Waals surface area contributed by atoms with Crippen molar-refractivity contribution in [3.8, 4) is 0 Å². The van der Waals surface area contributed by atoms with Gasteiger partial charge in [0.25, 0.3) is 0 Å². The van der Waals surface area contributed by atoms with E-state index in [2.05, 4.69) is 37.3 Å². The maximum atomic E-state index is 11.6. The van der Waals surface area contributed by atoms with E-state index in [1.807, 2.05) is 24.7 Å². The SMILES string of the molecule is CC(C)NC(=O)OC1CCC(c2ccn(C(C)(C)C)n2)C1. The van der Waals surface area contributed by atoms with Gasteiger partial charge in [-0.2, -0.15) is 5.10 Å². The first-order chi connectivity index (χ1) is 9.75. The average molecular weight is 293 g/mol. The molecule has 1 aromatic rings. The normalized spacial score (nSPS) is 22.6. The molecule has 1 aliphatic carbocycles. The van der Waals surface area contributed by atoms with E-state index in [9.17, 15) is 4.79 Å². The van der Waals surface area contributed by atoms with Gasteiger partial charge in [-0.25, -0.2) is 4.79 Å². The van der Waals surface area contributed by atoms with Crippen LogP contribution in [0.3, 0.4) is 0 Å². The van der Waals surface area contributed by atoms with Gasteiger partial charge in [-0.1, -0.05) is 0 Å². The van der Waals surface area contributed by atoms with Crippen molar-refractivity contribution in [2.24, 2.45) is 0 Å². The predicted octanol–water partition coefficient (Wildman–Crippen LogP) is 3.41. The Morgan fingerprint density at radius 1 is 1.43 bits per heavy atom. The summed E-state index contributed by atoms with van der Waals surface area (Å²) in [5.74, 6) is 0.394. The zero-order valence-corrected chi connectivity index (χ0v) is 13.7. The van der Waals surface area contributed by atoms with Crippen molar-refractivity contribution in [1.29, 1.82) is 0 Å². The Bertz CT molecular complexity index is 488. The predicted molar refractivity (Wildman–Crippen MR) is 82.4 cm³/mol. The van der Waals surface area contributed by atoms with E-state index in [1.54, 1.807) is 0 Å². The smallest absolute Gasteiger partial charge is 0.407 e. The molecule has 0 aliphatic heterocycles. The Balaban J connectivity index is 1.90. The fourth-order valence-corrected chi connectivity index (χ4v) is 2.67. The molecule has 5 nitrogen and oxygen atoms in total. The first kappa shape index (κ1) is 15.9. The van der Waals surface area contributed by atoms with E-state index >= 15 is 0 Å². The van der Waals surface area contributed by atoms with Crippen molar-refractivity contribution in [3.05, 3.63) is 18.0 Å². The Morgan fingerprint density at radius 3 is 2.71 bits per heavy atom. The first-order valence-corrected chi connectivity index (χ1v) is 7.79. The molecular weight excluding hydrogens is 266 g/mol. The summed E-state index contributed by atoms with van der Waals surface area (Å²) < 4.78 is 7.47. The highest BCUT2D eigenvalue weighted by molar-refractivity contribution is 5.67. The minimum Gasteiger partial charge on any atom is -0.446 e. The van der Waals surface area contributed by atoms with Crippen LogP contribution in [0, 0.1) is 0 Å². The topological polar surface area (TPSA) is 56.1 Å². The molecule has 1 saturated carbocycles. The number of hydrogen-bond donors (Lipinski definition) is 1. The molecule has 1 aromatic heterocycles. The summed E-state index contributed by atoms with van der Waals surface area (Å²) in [7, 11) is 0. The Kier molecular flexibility index (Phi) is 4.59. The van der Waals surface area contributed by atoms with Crippen LogP contribution < -0.4 is 5.32 Å². The molecule has 0 bridgehead atoms. The summed E-state index contributed by atoms with van der Waals surface area (Å²) in [6.07, 6.45) is 4.55. The van der Waals surface area contributed by atoms with Crippen LogP contribution in [-0.4, -0.2) is 28.0 Å². The van der Waals surface area contributed by atoms with Crippen molar-refractivity contribution in [2.45, 2.75) is 77.5 Å². The van der Waals surface area contributed by atoms with E-state index in [0.29, 0.717) is 5.92 Å². The highest BCUT2D eigenvalue weighted by Crippen LogP contribution is 2.35. The number of nitrogens with zero attached hydrogens (tertiary/aromatic N) is 2. The first-order valence-electron chi connectivity index (χ1n) is 7.79. The second-order valence-corrected chi connectivity index (χ2v) is 7.19. The lowest BCUT2D eigenvalue weighted by molar-refractivity contribution is 0.0981. The van der Waals surface area contributed by atoms with E-state index < -0.39 is 0 Å². The summed E-state index contributed by atoms with van der Waals surface area (Å²) in [5.41, 5.74) is 1.12. The fourth-order valence-electron chi connectivity index (χ4n) is 2.67. The van der Waals surface area contributed by atoms with Gasteiger partial charge in [0.15, 0.2) is 0 Å². The van der Waals surface area contributed by atoms with Gasteiger partial charge in [0.1, 0.15) is 6.10 Å². The number of aromatic nitrogens is 2. The van der Waals surface area contributed by atoms with E-state index in [4.69, 9.17) is 4.74 Å². The van der Waals surface area contributed by atoms with Crippen LogP contribution in [0.15, 0.2) is 12.3 Å². The quantitative estimate of drug-likeness (QED) is 0.929. The number of ether oxygens (including phenoxy) is 1. The molecule has 0 spiro atoms. The Morgan fingerprint density at radius 2 is 2.14 bits per heavy atom. The van der Waals surface area contributed by atoms with Crippen LogP contribution in [0.4, 0.5) is 4.79 Å². The molecule has 1 aliphatic rings. The van der Waals surface area contributed by atoms with Crippen LogP contribution in [0.2, 0.25) is 0 Å². The number of hydrogen-bond acceptors (Lipinski definition) is 3. The molecule has 1 heterocycles. The van der Waals surface area contributed by atoms with Crippen LogP contribution in [0.25, 0.3) is 0 Å². The molecule has 2 rings (SSSR count). The second-order valence-electron chi connectivity index (χ2n) is 7.19. The lowest BCUT2D eigenvalue weighted by Gasteiger charge is -2.19. The number of nitrogens with one attached hydrogen (secondary N) is 1. The zero-order valence-electron chi connectivity index (χ0n) is 13.7. The molecule has 2 atom stereocenters. The molecule has 1 amide bonds. The monoisotopic (exact) mass is 293 g/mol. The molecule has 118 valence electrons. The van der Waals surface area contributed by atoms with Crippen LogP contribution >= 0.6 is 0 Å². The third-order valence-electron chi connectivity index (χ3n) is 3.78. The standard InChI is InChI=1S/C16H27N3O2/c1-11(2)17-15(20)21-13-7-6-12(10-13)14-8-9-19(18-14)16(3,4)5/h8-9,11-13H,6-7,10H2,1-5H3,(H,17,20). The molecule has 1 fully saturated rings. The number of carbonyl (C=O) groups is 1. The van der Waals surface area contributed by atoms with Crippen molar-refractivity contribution in [2.75, 3.05) is 0 Å². The summed E-state index contributed by atoms with van der Waals surface area (Å²) in [6.45, 7) is 10.3. The van der Waals surface area contributed by atoms with E-state index in [1.165, 1.54) is 0 Å². The lowest BCUT2D eigenvalue weighted by atomic mass is 10.0. The van der Waals surface area contributed by atoms with Crippen molar-refractivity contribution in [1.82, 2.24) is 15.1 Å². The van der Waals surface area contributed by atoms with Gasteiger partial charge in [-0.15, -0.1) is 0 Å². The molecule has 0 saturated heterocycles. The van der Waals surface area contributed by atoms with Gasteiger partial charge in [0.2, 0.25) is 0 Å².